The lowest BCUT2D eigenvalue weighted by atomic mass is 10.1. The highest BCUT2D eigenvalue weighted by Gasteiger charge is 2.17. The van der Waals surface area contributed by atoms with Crippen molar-refractivity contribution >= 4 is 11.6 Å². The van der Waals surface area contributed by atoms with Gasteiger partial charge >= 0.3 is 0 Å². The van der Waals surface area contributed by atoms with Gasteiger partial charge in [-0.1, -0.05) is 23.8 Å². The molecule has 2 rings (SSSR count). The van der Waals surface area contributed by atoms with Crippen molar-refractivity contribution in [3.05, 3.63) is 59.7 Å². The Bertz CT molecular complexity index is 608. The van der Waals surface area contributed by atoms with Gasteiger partial charge in [0.25, 0.3) is 5.91 Å². The zero-order chi connectivity index (χ0) is 15.2. The van der Waals surface area contributed by atoms with E-state index < -0.39 is 0 Å². The van der Waals surface area contributed by atoms with Crippen molar-refractivity contribution in [3.8, 4) is 5.75 Å². The highest BCUT2D eigenvalue weighted by Crippen LogP contribution is 2.20. The molecule has 4 heteroatoms. The van der Waals surface area contributed by atoms with Crippen molar-refractivity contribution in [2.24, 2.45) is 5.73 Å². The largest absolute Gasteiger partial charge is 0.508 e. The van der Waals surface area contributed by atoms with Crippen LogP contribution in [0.1, 0.15) is 22.3 Å². The smallest absolute Gasteiger partial charge is 0.258 e. The van der Waals surface area contributed by atoms with Gasteiger partial charge in [0.15, 0.2) is 0 Å². The summed E-state index contributed by atoms with van der Waals surface area (Å²) in [6.45, 7) is 3.08. The average Bonchev–Trinajstić information content (AvgIpc) is 2.49. The molecule has 0 aliphatic carbocycles. The molecule has 110 valence electrons. The standard InChI is InChI=1S/C17H20N2O2/c1-13-6-8-15(9-7-13)19(11-3-10-18)17(21)14-4-2-5-16(20)12-14/h2,4-9,12,20H,3,10-11,18H2,1H3. The first-order valence-corrected chi connectivity index (χ1v) is 6.99. The van der Waals surface area contributed by atoms with Crippen molar-refractivity contribution in [1.82, 2.24) is 0 Å². The Kier molecular flexibility index (Phi) is 4.95. The number of nitrogens with two attached hydrogens (primary N) is 1. The molecule has 0 heterocycles. The first-order chi connectivity index (χ1) is 10.1. The number of aromatic hydroxyl groups is 1. The zero-order valence-corrected chi connectivity index (χ0v) is 12.1. The van der Waals surface area contributed by atoms with Gasteiger partial charge in [-0.15, -0.1) is 0 Å². The monoisotopic (exact) mass is 284 g/mol. The molecule has 2 aromatic rings. The quantitative estimate of drug-likeness (QED) is 0.887. The topological polar surface area (TPSA) is 66.6 Å². The van der Waals surface area contributed by atoms with Gasteiger partial charge in [0.2, 0.25) is 0 Å². The van der Waals surface area contributed by atoms with Crippen molar-refractivity contribution in [2.45, 2.75) is 13.3 Å². The van der Waals surface area contributed by atoms with Crippen LogP contribution in [0.3, 0.4) is 0 Å². The number of carbonyl (C=O) groups is 1. The van der Waals surface area contributed by atoms with E-state index >= 15 is 0 Å². The number of carbonyl (C=O) groups excluding carboxylic acids is 1. The SMILES string of the molecule is Cc1ccc(N(CCCN)C(=O)c2cccc(O)c2)cc1. The molecule has 0 saturated heterocycles. The molecule has 0 unspecified atom stereocenters. The van der Waals surface area contributed by atoms with Crippen LogP contribution in [0.2, 0.25) is 0 Å². The molecule has 4 nitrogen and oxygen atoms in total. The number of anilines is 1. The molecule has 0 atom stereocenters. The Hall–Kier alpha value is -2.33. The third-order valence-electron chi connectivity index (χ3n) is 3.27. The van der Waals surface area contributed by atoms with Gasteiger partial charge in [-0.25, -0.2) is 0 Å². The molecule has 0 saturated carbocycles. The van der Waals surface area contributed by atoms with E-state index in [4.69, 9.17) is 5.73 Å². The van der Waals surface area contributed by atoms with Gasteiger partial charge < -0.3 is 15.7 Å². The fraction of sp³-hybridized carbons (Fsp3) is 0.235. The predicted octanol–water partition coefficient (Wildman–Crippen LogP) is 2.70. The molecular formula is C17H20N2O2. The van der Waals surface area contributed by atoms with Crippen molar-refractivity contribution in [2.75, 3.05) is 18.0 Å². The fourth-order valence-electron chi connectivity index (χ4n) is 2.12. The van der Waals surface area contributed by atoms with Crippen LogP contribution in [0.25, 0.3) is 0 Å². The molecular weight excluding hydrogens is 264 g/mol. The Balaban J connectivity index is 2.31. The second-order valence-corrected chi connectivity index (χ2v) is 4.98. The average molecular weight is 284 g/mol. The number of phenolic OH excluding ortho intramolecular Hbond substituents is 1. The number of hydrogen-bond acceptors (Lipinski definition) is 3. The molecule has 3 N–H and O–H groups in total. The summed E-state index contributed by atoms with van der Waals surface area (Å²) in [5.41, 5.74) is 8.01. The summed E-state index contributed by atoms with van der Waals surface area (Å²) in [4.78, 5) is 14.4. The van der Waals surface area contributed by atoms with Gasteiger partial charge in [-0.2, -0.15) is 0 Å². The highest BCUT2D eigenvalue weighted by atomic mass is 16.3. The number of rotatable bonds is 5. The van der Waals surface area contributed by atoms with Gasteiger partial charge in [0.05, 0.1) is 0 Å². The normalized spacial score (nSPS) is 10.4. The lowest BCUT2D eigenvalue weighted by Crippen LogP contribution is -2.32. The summed E-state index contributed by atoms with van der Waals surface area (Å²) in [6, 6.07) is 14.2. The maximum Gasteiger partial charge on any atom is 0.258 e. The minimum atomic E-state index is -0.136. The van der Waals surface area contributed by atoms with Crippen LogP contribution in [0.5, 0.6) is 5.75 Å². The van der Waals surface area contributed by atoms with E-state index in [-0.39, 0.29) is 11.7 Å². The summed E-state index contributed by atoms with van der Waals surface area (Å²) in [5, 5.41) is 9.54. The fourth-order valence-corrected chi connectivity index (χ4v) is 2.12. The van der Waals surface area contributed by atoms with Crippen LogP contribution in [-0.4, -0.2) is 24.1 Å². The van der Waals surface area contributed by atoms with Crippen LogP contribution < -0.4 is 10.6 Å². The van der Waals surface area contributed by atoms with Crippen molar-refractivity contribution < 1.29 is 9.90 Å². The Labute approximate surface area is 124 Å². The van der Waals surface area contributed by atoms with Crippen molar-refractivity contribution in [1.29, 1.82) is 0 Å². The summed E-state index contributed by atoms with van der Waals surface area (Å²) in [6.07, 6.45) is 0.721. The van der Waals surface area contributed by atoms with Crippen LogP contribution in [-0.2, 0) is 0 Å². The van der Waals surface area contributed by atoms with E-state index in [1.165, 1.54) is 6.07 Å². The van der Waals surface area contributed by atoms with E-state index in [2.05, 4.69) is 0 Å². The third kappa shape index (κ3) is 3.83. The zero-order valence-electron chi connectivity index (χ0n) is 12.1. The molecule has 0 fully saturated rings. The number of hydrogen-bond donors (Lipinski definition) is 2. The van der Waals surface area contributed by atoms with Crippen LogP contribution >= 0.6 is 0 Å². The van der Waals surface area contributed by atoms with E-state index in [1.807, 2.05) is 31.2 Å². The third-order valence-corrected chi connectivity index (χ3v) is 3.27. The van der Waals surface area contributed by atoms with Crippen LogP contribution in [0.15, 0.2) is 48.5 Å². The minimum absolute atomic E-state index is 0.0866. The predicted molar refractivity (Wildman–Crippen MR) is 84.6 cm³/mol. The van der Waals surface area contributed by atoms with Crippen molar-refractivity contribution in [3.63, 3.8) is 0 Å². The second-order valence-electron chi connectivity index (χ2n) is 4.98. The van der Waals surface area contributed by atoms with Gasteiger partial charge in [0, 0.05) is 17.8 Å². The van der Waals surface area contributed by atoms with E-state index in [0.29, 0.717) is 18.7 Å². The van der Waals surface area contributed by atoms with Gasteiger partial charge in [-0.3, -0.25) is 4.79 Å². The summed E-state index contributed by atoms with van der Waals surface area (Å²) >= 11 is 0. The molecule has 0 aliphatic heterocycles. The molecule has 0 spiro atoms. The number of aryl methyl sites for hydroxylation is 1. The lowest BCUT2D eigenvalue weighted by Gasteiger charge is -2.23. The first-order valence-electron chi connectivity index (χ1n) is 6.99. The molecule has 2 aromatic carbocycles. The highest BCUT2D eigenvalue weighted by molar-refractivity contribution is 6.06. The maximum absolute atomic E-state index is 12.7. The molecule has 0 bridgehead atoms. The summed E-state index contributed by atoms with van der Waals surface area (Å²) in [5.74, 6) is -0.0493. The Morgan fingerprint density at radius 3 is 2.52 bits per heavy atom. The number of nitrogens with zero attached hydrogens (tertiary/aromatic N) is 1. The lowest BCUT2D eigenvalue weighted by molar-refractivity contribution is 0.0986. The summed E-state index contributed by atoms with van der Waals surface area (Å²) < 4.78 is 0. The molecule has 21 heavy (non-hydrogen) atoms. The van der Waals surface area contributed by atoms with Crippen LogP contribution in [0, 0.1) is 6.92 Å². The van der Waals surface area contributed by atoms with E-state index in [1.54, 1.807) is 23.1 Å². The molecule has 0 aliphatic rings. The molecule has 0 aromatic heterocycles. The van der Waals surface area contributed by atoms with E-state index in [0.717, 1.165) is 17.7 Å². The van der Waals surface area contributed by atoms with E-state index in [9.17, 15) is 9.90 Å². The Morgan fingerprint density at radius 2 is 1.90 bits per heavy atom. The number of phenols is 1. The van der Waals surface area contributed by atoms with Gasteiger partial charge in [0.1, 0.15) is 5.75 Å². The van der Waals surface area contributed by atoms with Crippen LogP contribution in [0.4, 0.5) is 5.69 Å². The number of amides is 1. The Morgan fingerprint density at radius 1 is 1.19 bits per heavy atom. The minimum Gasteiger partial charge on any atom is -0.508 e. The molecule has 0 radical (unpaired) electrons. The van der Waals surface area contributed by atoms with Gasteiger partial charge in [-0.05, 0) is 50.2 Å². The summed E-state index contributed by atoms with van der Waals surface area (Å²) in [7, 11) is 0. The second kappa shape index (κ2) is 6.90. The number of benzene rings is 2. The maximum atomic E-state index is 12.7. The molecule has 1 amide bonds. The first kappa shape index (κ1) is 15.1.